The van der Waals surface area contributed by atoms with Gasteiger partial charge in [0.15, 0.2) is 6.29 Å². The molecule has 0 saturated carbocycles. The molecule has 2 aromatic rings. The first-order chi connectivity index (χ1) is 8.74. The maximum Gasteiger partial charge on any atom is 0.151 e. The normalized spacial score (nSPS) is 10.6. The Morgan fingerprint density at radius 1 is 1.44 bits per heavy atom. The van der Waals surface area contributed by atoms with Crippen molar-refractivity contribution in [3.05, 3.63) is 52.6 Å². The number of carbonyl (C=O) groups is 1. The van der Waals surface area contributed by atoms with Crippen molar-refractivity contribution in [2.45, 2.75) is 26.3 Å². The van der Waals surface area contributed by atoms with E-state index in [1.165, 1.54) is 0 Å². The van der Waals surface area contributed by atoms with Crippen LogP contribution in [0.4, 0.5) is 0 Å². The highest BCUT2D eigenvalue weighted by Crippen LogP contribution is 2.18. The standard InChI is InChI=1S/C14H15ClN2O/c1-2-6-17-7-5-16-14(17)9-11-3-4-12(10-18)13(15)8-11/h3-5,7-8,10H,2,6,9H2,1H3. The van der Waals surface area contributed by atoms with E-state index in [9.17, 15) is 4.79 Å². The minimum atomic E-state index is 0.496. The van der Waals surface area contributed by atoms with Crippen LogP contribution >= 0.6 is 11.6 Å². The van der Waals surface area contributed by atoms with Crippen molar-refractivity contribution in [2.24, 2.45) is 0 Å². The number of aryl methyl sites for hydroxylation is 1. The molecular weight excluding hydrogens is 248 g/mol. The van der Waals surface area contributed by atoms with Gasteiger partial charge < -0.3 is 4.57 Å². The third kappa shape index (κ3) is 2.79. The lowest BCUT2D eigenvalue weighted by Gasteiger charge is -2.07. The number of imidazole rings is 1. The van der Waals surface area contributed by atoms with E-state index in [1.54, 1.807) is 6.07 Å². The lowest BCUT2D eigenvalue weighted by Crippen LogP contribution is -2.03. The SMILES string of the molecule is CCCn1ccnc1Cc1ccc(C=O)c(Cl)c1. The van der Waals surface area contributed by atoms with Gasteiger partial charge in [-0.2, -0.15) is 0 Å². The number of halogens is 1. The molecule has 2 rings (SSSR count). The Morgan fingerprint density at radius 2 is 2.28 bits per heavy atom. The minimum Gasteiger partial charge on any atom is -0.335 e. The average Bonchev–Trinajstić information content (AvgIpc) is 2.78. The van der Waals surface area contributed by atoms with E-state index in [0.717, 1.165) is 37.1 Å². The van der Waals surface area contributed by atoms with Crippen LogP contribution in [0, 0.1) is 0 Å². The summed E-state index contributed by atoms with van der Waals surface area (Å²) in [5, 5.41) is 0.496. The van der Waals surface area contributed by atoms with Crippen molar-refractivity contribution in [2.75, 3.05) is 0 Å². The second-order valence-electron chi connectivity index (χ2n) is 4.19. The molecule has 0 fully saturated rings. The smallest absolute Gasteiger partial charge is 0.151 e. The zero-order valence-corrected chi connectivity index (χ0v) is 11.0. The fourth-order valence-corrected chi connectivity index (χ4v) is 2.16. The molecule has 1 heterocycles. The second kappa shape index (κ2) is 5.83. The molecule has 0 spiro atoms. The Balaban J connectivity index is 2.20. The monoisotopic (exact) mass is 262 g/mol. The predicted molar refractivity (Wildman–Crippen MR) is 72.2 cm³/mol. The fourth-order valence-electron chi connectivity index (χ4n) is 1.91. The molecule has 1 aromatic carbocycles. The molecule has 0 aliphatic carbocycles. The van der Waals surface area contributed by atoms with Gasteiger partial charge in [0.2, 0.25) is 0 Å². The van der Waals surface area contributed by atoms with Crippen LogP contribution in [0.15, 0.2) is 30.6 Å². The van der Waals surface area contributed by atoms with Gasteiger partial charge >= 0.3 is 0 Å². The molecule has 0 radical (unpaired) electrons. The van der Waals surface area contributed by atoms with E-state index < -0.39 is 0 Å². The van der Waals surface area contributed by atoms with Crippen LogP contribution in [0.2, 0.25) is 5.02 Å². The molecule has 0 saturated heterocycles. The summed E-state index contributed by atoms with van der Waals surface area (Å²) in [5.41, 5.74) is 1.59. The summed E-state index contributed by atoms with van der Waals surface area (Å²) in [5.74, 6) is 1.02. The minimum absolute atomic E-state index is 0.496. The first-order valence-electron chi connectivity index (χ1n) is 5.98. The van der Waals surface area contributed by atoms with E-state index in [0.29, 0.717) is 10.6 Å². The van der Waals surface area contributed by atoms with E-state index in [2.05, 4.69) is 16.5 Å². The van der Waals surface area contributed by atoms with Crippen LogP contribution in [0.3, 0.4) is 0 Å². The Kier molecular flexibility index (Phi) is 4.15. The lowest BCUT2D eigenvalue weighted by atomic mass is 10.1. The molecule has 0 atom stereocenters. The number of aldehydes is 1. The number of rotatable bonds is 5. The highest BCUT2D eigenvalue weighted by atomic mass is 35.5. The average molecular weight is 263 g/mol. The van der Waals surface area contributed by atoms with Crippen LogP contribution in [0.25, 0.3) is 0 Å². The highest BCUT2D eigenvalue weighted by molar-refractivity contribution is 6.33. The van der Waals surface area contributed by atoms with Gasteiger partial charge in [-0.3, -0.25) is 4.79 Å². The van der Waals surface area contributed by atoms with Gasteiger partial charge in [0, 0.05) is 30.9 Å². The van der Waals surface area contributed by atoms with Crippen LogP contribution < -0.4 is 0 Å². The molecule has 0 unspecified atom stereocenters. The van der Waals surface area contributed by atoms with Gasteiger partial charge in [-0.15, -0.1) is 0 Å². The number of hydrogen-bond donors (Lipinski definition) is 0. The second-order valence-corrected chi connectivity index (χ2v) is 4.59. The van der Waals surface area contributed by atoms with Crippen molar-refractivity contribution in [1.82, 2.24) is 9.55 Å². The summed E-state index contributed by atoms with van der Waals surface area (Å²) >= 11 is 6.01. The van der Waals surface area contributed by atoms with Gasteiger partial charge in [0.1, 0.15) is 5.82 Å². The van der Waals surface area contributed by atoms with Crippen LogP contribution in [-0.4, -0.2) is 15.8 Å². The molecule has 4 heteroatoms. The first kappa shape index (κ1) is 12.8. The largest absolute Gasteiger partial charge is 0.335 e. The molecule has 0 bridgehead atoms. The fraction of sp³-hybridized carbons (Fsp3) is 0.286. The lowest BCUT2D eigenvalue weighted by molar-refractivity contribution is 0.112. The summed E-state index contributed by atoms with van der Waals surface area (Å²) in [6.45, 7) is 3.11. The van der Waals surface area contributed by atoms with Gasteiger partial charge in [0.05, 0.1) is 5.02 Å². The van der Waals surface area contributed by atoms with E-state index in [1.807, 2.05) is 24.5 Å². The number of aromatic nitrogens is 2. The third-order valence-corrected chi connectivity index (χ3v) is 3.15. The van der Waals surface area contributed by atoms with Crippen molar-refractivity contribution in [3.63, 3.8) is 0 Å². The summed E-state index contributed by atoms with van der Waals surface area (Å²) in [6.07, 6.45) is 6.37. The Bertz CT molecular complexity index is 548. The summed E-state index contributed by atoms with van der Waals surface area (Å²) in [4.78, 5) is 15.0. The molecular formula is C14H15ClN2O. The van der Waals surface area contributed by atoms with Crippen molar-refractivity contribution in [3.8, 4) is 0 Å². The topological polar surface area (TPSA) is 34.9 Å². The number of carbonyl (C=O) groups excluding carboxylic acids is 1. The number of hydrogen-bond acceptors (Lipinski definition) is 2. The highest BCUT2D eigenvalue weighted by Gasteiger charge is 2.06. The van der Waals surface area contributed by atoms with E-state index >= 15 is 0 Å². The van der Waals surface area contributed by atoms with Crippen LogP contribution in [0.1, 0.15) is 35.1 Å². The number of nitrogens with zero attached hydrogens (tertiary/aromatic N) is 2. The molecule has 94 valence electrons. The van der Waals surface area contributed by atoms with Crippen molar-refractivity contribution < 1.29 is 4.79 Å². The summed E-state index contributed by atoms with van der Waals surface area (Å²) in [6, 6.07) is 5.49. The van der Waals surface area contributed by atoms with Gasteiger partial charge in [0.25, 0.3) is 0 Å². The van der Waals surface area contributed by atoms with Crippen LogP contribution in [0.5, 0.6) is 0 Å². The molecule has 0 aliphatic rings. The molecule has 3 nitrogen and oxygen atoms in total. The summed E-state index contributed by atoms with van der Waals surface area (Å²) < 4.78 is 2.14. The maximum atomic E-state index is 10.7. The molecule has 0 aliphatic heterocycles. The molecule has 1 aromatic heterocycles. The third-order valence-electron chi connectivity index (χ3n) is 2.82. The zero-order chi connectivity index (χ0) is 13.0. The van der Waals surface area contributed by atoms with Crippen molar-refractivity contribution in [1.29, 1.82) is 0 Å². The quantitative estimate of drug-likeness (QED) is 0.775. The van der Waals surface area contributed by atoms with Crippen LogP contribution in [-0.2, 0) is 13.0 Å². The zero-order valence-electron chi connectivity index (χ0n) is 10.3. The molecule has 18 heavy (non-hydrogen) atoms. The van der Waals surface area contributed by atoms with E-state index in [4.69, 9.17) is 11.6 Å². The molecule has 0 N–H and O–H groups in total. The Labute approximate surface area is 111 Å². The van der Waals surface area contributed by atoms with Gasteiger partial charge in [-0.05, 0) is 24.1 Å². The Morgan fingerprint density at radius 3 is 2.94 bits per heavy atom. The van der Waals surface area contributed by atoms with Gasteiger partial charge in [-0.25, -0.2) is 4.98 Å². The van der Waals surface area contributed by atoms with Crippen molar-refractivity contribution >= 4 is 17.9 Å². The number of benzene rings is 1. The predicted octanol–water partition coefficient (Wildman–Crippen LogP) is 3.35. The molecule has 0 amide bonds. The Hall–Kier alpha value is -1.61. The van der Waals surface area contributed by atoms with Gasteiger partial charge in [-0.1, -0.05) is 24.6 Å². The maximum absolute atomic E-state index is 10.7. The summed E-state index contributed by atoms with van der Waals surface area (Å²) in [7, 11) is 0. The first-order valence-corrected chi connectivity index (χ1v) is 6.36. The van der Waals surface area contributed by atoms with E-state index in [-0.39, 0.29) is 0 Å².